The molecule has 0 radical (unpaired) electrons. The van der Waals surface area contributed by atoms with Gasteiger partial charge in [-0.2, -0.15) is 0 Å². The molecular weight excluding hydrogens is 198 g/mol. The van der Waals surface area contributed by atoms with Crippen molar-refractivity contribution in [1.82, 2.24) is 14.7 Å². The maximum atomic E-state index is 2.68. The molecule has 3 heteroatoms. The van der Waals surface area contributed by atoms with Gasteiger partial charge in [-0.3, -0.25) is 0 Å². The van der Waals surface area contributed by atoms with E-state index in [1.54, 1.807) is 0 Å². The molecule has 3 nitrogen and oxygen atoms in total. The molecule has 0 aromatic heterocycles. The first-order chi connectivity index (χ1) is 7.65. The summed E-state index contributed by atoms with van der Waals surface area (Å²) >= 11 is 0. The van der Waals surface area contributed by atoms with Gasteiger partial charge in [0.1, 0.15) is 0 Å². The standard InChI is InChI=1S/C13H27N3/c1-12-10-16(9-8-15(12)3)11-13-4-6-14(2)7-5-13/h12-13H,4-11H2,1-3H3/t12-/m1/s1. The first-order valence-electron chi connectivity index (χ1n) is 6.76. The number of piperazine rings is 1. The number of likely N-dealkylation sites (N-methyl/N-ethyl adjacent to an activating group) is 1. The fraction of sp³-hybridized carbons (Fsp3) is 1.00. The Bertz CT molecular complexity index is 211. The Morgan fingerprint density at radius 3 is 2.31 bits per heavy atom. The van der Waals surface area contributed by atoms with Crippen LogP contribution in [0.1, 0.15) is 19.8 Å². The van der Waals surface area contributed by atoms with E-state index < -0.39 is 0 Å². The van der Waals surface area contributed by atoms with Gasteiger partial charge in [-0.15, -0.1) is 0 Å². The normalized spacial score (nSPS) is 32.1. The zero-order valence-electron chi connectivity index (χ0n) is 11.2. The van der Waals surface area contributed by atoms with Gasteiger partial charge in [0.05, 0.1) is 0 Å². The Hall–Kier alpha value is -0.120. The van der Waals surface area contributed by atoms with E-state index in [2.05, 4.69) is 35.7 Å². The molecule has 2 aliphatic rings. The van der Waals surface area contributed by atoms with E-state index in [9.17, 15) is 0 Å². The summed E-state index contributed by atoms with van der Waals surface area (Å²) in [5.74, 6) is 0.951. The molecule has 0 spiro atoms. The molecule has 2 saturated heterocycles. The highest BCUT2D eigenvalue weighted by Crippen LogP contribution is 2.18. The maximum absolute atomic E-state index is 2.68. The van der Waals surface area contributed by atoms with E-state index in [4.69, 9.17) is 0 Å². The maximum Gasteiger partial charge on any atom is 0.0192 e. The Kier molecular flexibility index (Phi) is 4.22. The summed E-state index contributed by atoms with van der Waals surface area (Å²) in [6.45, 7) is 10.1. The third-order valence-corrected chi connectivity index (χ3v) is 4.40. The molecule has 0 unspecified atom stereocenters. The van der Waals surface area contributed by atoms with E-state index in [0.717, 1.165) is 12.0 Å². The van der Waals surface area contributed by atoms with Crippen molar-refractivity contribution in [2.24, 2.45) is 5.92 Å². The summed E-state index contributed by atoms with van der Waals surface area (Å²) in [5.41, 5.74) is 0. The van der Waals surface area contributed by atoms with E-state index in [-0.39, 0.29) is 0 Å². The molecule has 2 rings (SSSR count). The predicted molar refractivity (Wildman–Crippen MR) is 68.8 cm³/mol. The molecule has 0 saturated carbocycles. The van der Waals surface area contributed by atoms with Crippen molar-refractivity contribution in [1.29, 1.82) is 0 Å². The second kappa shape index (κ2) is 5.48. The number of rotatable bonds is 2. The third-order valence-electron chi connectivity index (χ3n) is 4.40. The highest BCUT2D eigenvalue weighted by atomic mass is 15.3. The van der Waals surface area contributed by atoms with Gasteiger partial charge in [0.15, 0.2) is 0 Å². The molecule has 2 heterocycles. The molecule has 0 aliphatic carbocycles. The van der Waals surface area contributed by atoms with Gasteiger partial charge in [-0.1, -0.05) is 0 Å². The molecular formula is C13H27N3. The minimum atomic E-state index is 0.736. The van der Waals surface area contributed by atoms with Crippen molar-refractivity contribution in [3.05, 3.63) is 0 Å². The van der Waals surface area contributed by atoms with Gasteiger partial charge < -0.3 is 14.7 Å². The van der Waals surface area contributed by atoms with Crippen molar-refractivity contribution >= 4 is 0 Å². The average Bonchev–Trinajstić information content (AvgIpc) is 2.27. The van der Waals surface area contributed by atoms with Crippen LogP contribution in [0.5, 0.6) is 0 Å². The number of nitrogens with zero attached hydrogens (tertiary/aromatic N) is 3. The first kappa shape index (κ1) is 12.3. The summed E-state index contributed by atoms with van der Waals surface area (Å²) in [5, 5.41) is 0. The minimum absolute atomic E-state index is 0.736. The number of hydrogen-bond acceptors (Lipinski definition) is 3. The lowest BCUT2D eigenvalue weighted by molar-refractivity contribution is 0.0793. The molecule has 0 aromatic carbocycles. The molecule has 2 aliphatic heterocycles. The van der Waals surface area contributed by atoms with Crippen LogP contribution in [0.4, 0.5) is 0 Å². The van der Waals surface area contributed by atoms with Crippen LogP contribution in [0.15, 0.2) is 0 Å². The zero-order chi connectivity index (χ0) is 11.5. The molecule has 0 bridgehead atoms. The van der Waals surface area contributed by atoms with Crippen LogP contribution in [0, 0.1) is 5.92 Å². The van der Waals surface area contributed by atoms with Gasteiger partial charge in [0.2, 0.25) is 0 Å². The molecule has 0 N–H and O–H groups in total. The van der Waals surface area contributed by atoms with Gasteiger partial charge in [0.25, 0.3) is 0 Å². The zero-order valence-corrected chi connectivity index (χ0v) is 11.2. The summed E-state index contributed by atoms with van der Waals surface area (Å²) in [4.78, 5) is 7.62. The van der Waals surface area contributed by atoms with Gasteiger partial charge in [-0.25, -0.2) is 0 Å². The minimum Gasteiger partial charge on any atom is -0.306 e. The topological polar surface area (TPSA) is 9.72 Å². The summed E-state index contributed by atoms with van der Waals surface area (Å²) in [7, 11) is 4.49. The van der Waals surface area contributed by atoms with Crippen LogP contribution < -0.4 is 0 Å². The molecule has 0 aromatic rings. The highest BCUT2D eigenvalue weighted by Gasteiger charge is 2.24. The SMILES string of the molecule is C[C@@H]1CN(CC2CCN(C)CC2)CCN1C. The van der Waals surface area contributed by atoms with Crippen molar-refractivity contribution < 1.29 is 0 Å². The lowest BCUT2D eigenvalue weighted by Crippen LogP contribution is -2.51. The molecule has 16 heavy (non-hydrogen) atoms. The molecule has 94 valence electrons. The van der Waals surface area contributed by atoms with Gasteiger partial charge in [-0.05, 0) is 52.9 Å². The average molecular weight is 225 g/mol. The quantitative estimate of drug-likeness (QED) is 0.693. The van der Waals surface area contributed by atoms with E-state index in [1.807, 2.05) is 0 Å². The Labute approximate surface area is 100 Å². The van der Waals surface area contributed by atoms with Crippen molar-refractivity contribution in [2.75, 3.05) is 53.4 Å². The largest absolute Gasteiger partial charge is 0.306 e. The van der Waals surface area contributed by atoms with E-state index >= 15 is 0 Å². The van der Waals surface area contributed by atoms with Crippen LogP contribution in [0.25, 0.3) is 0 Å². The predicted octanol–water partition coefficient (Wildman–Crippen LogP) is 0.964. The summed E-state index contributed by atoms with van der Waals surface area (Å²) in [6, 6.07) is 0.736. The Morgan fingerprint density at radius 2 is 1.69 bits per heavy atom. The van der Waals surface area contributed by atoms with Crippen LogP contribution in [-0.2, 0) is 0 Å². The number of likely N-dealkylation sites (tertiary alicyclic amines) is 1. The number of hydrogen-bond donors (Lipinski definition) is 0. The van der Waals surface area contributed by atoms with Crippen molar-refractivity contribution in [3.63, 3.8) is 0 Å². The molecule has 0 amide bonds. The van der Waals surface area contributed by atoms with E-state index in [1.165, 1.54) is 52.1 Å². The summed E-state index contributed by atoms with van der Waals surface area (Å²) < 4.78 is 0. The smallest absolute Gasteiger partial charge is 0.0192 e. The fourth-order valence-corrected chi connectivity index (χ4v) is 2.90. The van der Waals surface area contributed by atoms with Gasteiger partial charge >= 0.3 is 0 Å². The van der Waals surface area contributed by atoms with Crippen molar-refractivity contribution in [2.45, 2.75) is 25.8 Å². The first-order valence-corrected chi connectivity index (χ1v) is 6.76. The number of piperidine rings is 1. The van der Waals surface area contributed by atoms with Gasteiger partial charge in [0, 0.05) is 32.2 Å². The fourth-order valence-electron chi connectivity index (χ4n) is 2.90. The monoisotopic (exact) mass is 225 g/mol. The molecule has 1 atom stereocenters. The lowest BCUT2D eigenvalue weighted by atomic mass is 9.96. The van der Waals surface area contributed by atoms with Crippen LogP contribution in [0.3, 0.4) is 0 Å². The Morgan fingerprint density at radius 1 is 1.00 bits per heavy atom. The van der Waals surface area contributed by atoms with Crippen molar-refractivity contribution in [3.8, 4) is 0 Å². The van der Waals surface area contributed by atoms with Crippen LogP contribution >= 0.6 is 0 Å². The third kappa shape index (κ3) is 3.19. The molecule has 2 fully saturated rings. The summed E-state index contributed by atoms with van der Waals surface area (Å²) in [6.07, 6.45) is 2.80. The highest BCUT2D eigenvalue weighted by molar-refractivity contribution is 4.80. The Balaban J connectivity index is 1.73. The second-order valence-corrected chi connectivity index (χ2v) is 5.84. The lowest BCUT2D eigenvalue weighted by Gasteiger charge is -2.40. The second-order valence-electron chi connectivity index (χ2n) is 5.84. The van der Waals surface area contributed by atoms with Crippen LogP contribution in [0.2, 0.25) is 0 Å². The van der Waals surface area contributed by atoms with Crippen LogP contribution in [-0.4, -0.2) is 74.1 Å². The van der Waals surface area contributed by atoms with E-state index in [0.29, 0.717) is 0 Å².